The van der Waals surface area contributed by atoms with Crippen molar-refractivity contribution in [1.82, 2.24) is 10.2 Å². The number of hydrogen-bond acceptors (Lipinski definition) is 3. The monoisotopic (exact) mass is 292 g/mol. The zero-order valence-corrected chi connectivity index (χ0v) is 12.3. The summed E-state index contributed by atoms with van der Waals surface area (Å²) in [7, 11) is 0. The molecule has 108 valence electrons. The fraction of sp³-hybridized carbons (Fsp3) is 0.467. The average molecular weight is 292 g/mol. The molecule has 0 bridgehead atoms. The largest absolute Gasteiger partial charge is 0.346 e. The first-order valence-electron chi connectivity index (χ1n) is 6.94. The van der Waals surface area contributed by atoms with E-state index in [1.54, 1.807) is 4.90 Å². The van der Waals surface area contributed by atoms with E-state index in [1.165, 1.54) is 0 Å². The van der Waals surface area contributed by atoms with Crippen molar-refractivity contribution in [2.75, 3.05) is 19.6 Å². The molecule has 2 rings (SSSR count). The minimum Gasteiger partial charge on any atom is -0.346 e. The topological polar surface area (TPSA) is 49.4 Å². The number of amides is 2. The normalized spacial score (nSPS) is 15.9. The van der Waals surface area contributed by atoms with Gasteiger partial charge in [-0.3, -0.25) is 9.59 Å². The smallest absolute Gasteiger partial charge is 0.241 e. The van der Waals surface area contributed by atoms with Crippen molar-refractivity contribution in [1.29, 1.82) is 0 Å². The third-order valence-electron chi connectivity index (χ3n) is 3.45. The van der Waals surface area contributed by atoms with E-state index in [9.17, 15) is 9.59 Å². The first-order chi connectivity index (χ1) is 9.66. The molecule has 1 aromatic rings. The highest BCUT2D eigenvalue weighted by atomic mass is 32.1. The summed E-state index contributed by atoms with van der Waals surface area (Å²) < 4.78 is 0. The van der Waals surface area contributed by atoms with Crippen LogP contribution in [0.3, 0.4) is 0 Å². The summed E-state index contributed by atoms with van der Waals surface area (Å²) in [4.78, 5) is 25.5. The molecule has 1 aromatic carbocycles. The number of rotatable bonds is 5. The summed E-state index contributed by atoms with van der Waals surface area (Å²) in [5.74, 6) is -0.194. The van der Waals surface area contributed by atoms with Crippen LogP contribution in [0, 0.1) is 0 Å². The first kappa shape index (κ1) is 14.9. The van der Waals surface area contributed by atoms with Crippen LogP contribution >= 0.6 is 12.6 Å². The molecule has 20 heavy (non-hydrogen) atoms. The van der Waals surface area contributed by atoms with Gasteiger partial charge in [0.05, 0.1) is 11.8 Å². The molecular formula is C15H20N2O2S. The van der Waals surface area contributed by atoms with Gasteiger partial charge in [-0.1, -0.05) is 30.3 Å². The van der Waals surface area contributed by atoms with Crippen LogP contribution in [0.5, 0.6) is 0 Å². The van der Waals surface area contributed by atoms with Crippen LogP contribution in [0.4, 0.5) is 0 Å². The lowest BCUT2D eigenvalue weighted by Crippen LogP contribution is -2.41. The summed E-state index contributed by atoms with van der Waals surface area (Å²) in [5.41, 5.74) is 1.06. The van der Waals surface area contributed by atoms with Crippen molar-refractivity contribution in [2.45, 2.75) is 24.5 Å². The SMILES string of the molecule is O=C(NCC(=O)N1CCCC1)C(S)Cc1ccccc1. The van der Waals surface area contributed by atoms with E-state index in [0.29, 0.717) is 6.42 Å². The Kier molecular flexibility index (Phi) is 5.47. The van der Waals surface area contributed by atoms with Gasteiger partial charge in [0, 0.05) is 13.1 Å². The maximum Gasteiger partial charge on any atom is 0.241 e. The Morgan fingerprint density at radius 2 is 1.85 bits per heavy atom. The molecule has 5 heteroatoms. The van der Waals surface area contributed by atoms with Gasteiger partial charge in [-0.2, -0.15) is 12.6 Å². The number of carbonyl (C=O) groups excluding carboxylic acids is 2. The van der Waals surface area contributed by atoms with Gasteiger partial charge < -0.3 is 10.2 Å². The van der Waals surface area contributed by atoms with Crippen molar-refractivity contribution >= 4 is 24.4 Å². The molecule has 0 radical (unpaired) electrons. The molecular weight excluding hydrogens is 272 g/mol. The van der Waals surface area contributed by atoms with Crippen LogP contribution < -0.4 is 5.32 Å². The number of benzene rings is 1. The molecule has 0 saturated carbocycles. The molecule has 4 nitrogen and oxygen atoms in total. The van der Waals surface area contributed by atoms with Crippen LogP contribution in [0.2, 0.25) is 0 Å². The standard InChI is InChI=1S/C15H20N2O2S/c18-14(17-8-4-5-9-17)11-16-15(19)13(20)10-12-6-2-1-3-7-12/h1-3,6-7,13,20H,4-5,8-11H2,(H,16,19). The van der Waals surface area contributed by atoms with Crippen molar-refractivity contribution in [2.24, 2.45) is 0 Å². The highest BCUT2D eigenvalue weighted by Crippen LogP contribution is 2.09. The van der Waals surface area contributed by atoms with Crippen LogP contribution in [0.25, 0.3) is 0 Å². The van der Waals surface area contributed by atoms with E-state index in [0.717, 1.165) is 31.5 Å². The van der Waals surface area contributed by atoms with Gasteiger partial charge in [-0.25, -0.2) is 0 Å². The minimum absolute atomic E-state index is 0.00362. The number of nitrogens with zero attached hydrogens (tertiary/aromatic N) is 1. The quantitative estimate of drug-likeness (QED) is 0.803. The lowest BCUT2D eigenvalue weighted by Gasteiger charge is -2.16. The Balaban J connectivity index is 1.75. The minimum atomic E-state index is -0.427. The van der Waals surface area contributed by atoms with E-state index in [1.807, 2.05) is 30.3 Å². The average Bonchev–Trinajstić information content (AvgIpc) is 2.99. The Morgan fingerprint density at radius 3 is 2.50 bits per heavy atom. The van der Waals surface area contributed by atoms with Gasteiger partial charge in [0.1, 0.15) is 0 Å². The van der Waals surface area contributed by atoms with Crippen LogP contribution in [0.1, 0.15) is 18.4 Å². The number of carbonyl (C=O) groups is 2. The molecule has 1 aliphatic rings. The number of nitrogens with one attached hydrogen (secondary N) is 1. The highest BCUT2D eigenvalue weighted by Gasteiger charge is 2.20. The molecule has 1 atom stereocenters. The van der Waals surface area contributed by atoms with Crippen molar-refractivity contribution in [3.05, 3.63) is 35.9 Å². The van der Waals surface area contributed by atoms with Crippen LogP contribution in [0.15, 0.2) is 30.3 Å². The molecule has 1 saturated heterocycles. The zero-order chi connectivity index (χ0) is 14.4. The molecule has 1 heterocycles. The van der Waals surface area contributed by atoms with E-state index in [-0.39, 0.29) is 18.4 Å². The Morgan fingerprint density at radius 1 is 1.20 bits per heavy atom. The van der Waals surface area contributed by atoms with E-state index < -0.39 is 5.25 Å². The maximum atomic E-state index is 11.9. The Labute approximate surface area is 124 Å². The Hall–Kier alpha value is -1.49. The second-order valence-electron chi connectivity index (χ2n) is 5.01. The van der Waals surface area contributed by atoms with E-state index in [4.69, 9.17) is 0 Å². The number of hydrogen-bond donors (Lipinski definition) is 2. The zero-order valence-electron chi connectivity index (χ0n) is 11.4. The highest BCUT2D eigenvalue weighted by molar-refractivity contribution is 7.81. The summed E-state index contributed by atoms with van der Waals surface area (Å²) in [5, 5.41) is 2.25. The predicted molar refractivity (Wildman–Crippen MR) is 81.7 cm³/mol. The fourth-order valence-electron chi connectivity index (χ4n) is 2.29. The summed E-state index contributed by atoms with van der Waals surface area (Å²) >= 11 is 4.31. The lowest BCUT2D eigenvalue weighted by atomic mass is 10.1. The van der Waals surface area contributed by atoms with E-state index >= 15 is 0 Å². The molecule has 1 N–H and O–H groups in total. The Bertz CT molecular complexity index is 458. The van der Waals surface area contributed by atoms with Crippen LogP contribution in [-0.4, -0.2) is 41.6 Å². The first-order valence-corrected chi connectivity index (χ1v) is 7.46. The fourth-order valence-corrected chi connectivity index (χ4v) is 2.59. The maximum absolute atomic E-state index is 11.9. The van der Waals surface area contributed by atoms with Gasteiger partial charge in [0.2, 0.25) is 11.8 Å². The molecule has 0 spiro atoms. The van der Waals surface area contributed by atoms with Crippen molar-refractivity contribution in [3.63, 3.8) is 0 Å². The summed E-state index contributed by atoms with van der Waals surface area (Å²) in [6.07, 6.45) is 2.68. The third-order valence-corrected chi connectivity index (χ3v) is 3.86. The number of thiol groups is 1. The summed E-state index contributed by atoms with van der Waals surface area (Å²) in [6.45, 7) is 1.69. The predicted octanol–water partition coefficient (Wildman–Crippen LogP) is 1.27. The van der Waals surface area contributed by atoms with Gasteiger partial charge in [-0.15, -0.1) is 0 Å². The molecule has 1 aliphatic heterocycles. The van der Waals surface area contributed by atoms with Crippen molar-refractivity contribution in [3.8, 4) is 0 Å². The van der Waals surface area contributed by atoms with Gasteiger partial charge in [-0.05, 0) is 24.8 Å². The summed E-state index contributed by atoms with van der Waals surface area (Å²) in [6, 6.07) is 9.73. The van der Waals surface area contributed by atoms with Gasteiger partial charge >= 0.3 is 0 Å². The second kappa shape index (κ2) is 7.33. The lowest BCUT2D eigenvalue weighted by molar-refractivity contribution is -0.131. The second-order valence-corrected chi connectivity index (χ2v) is 5.63. The van der Waals surface area contributed by atoms with Crippen molar-refractivity contribution < 1.29 is 9.59 Å². The van der Waals surface area contributed by atoms with E-state index in [2.05, 4.69) is 17.9 Å². The van der Waals surface area contributed by atoms with Crippen LogP contribution in [-0.2, 0) is 16.0 Å². The van der Waals surface area contributed by atoms with Gasteiger partial charge in [0.25, 0.3) is 0 Å². The molecule has 1 unspecified atom stereocenters. The molecule has 2 amide bonds. The third kappa shape index (κ3) is 4.27. The van der Waals surface area contributed by atoms with Gasteiger partial charge in [0.15, 0.2) is 0 Å². The molecule has 0 aromatic heterocycles. The number of likely N-dealkylation sites (tertiary alicyclic amines) is 1. The molecule has 0 aliphatic carbocycles. The molecule has 1 fully saturated rings.